The summed E-state index contributed by atoms with van der Waals surface area (Å²) in [5.41, 5.74) is 0. The molecule has 0 aromatic carbocycles. The molecule has 0 bridgehead atoms. The van der Waals surface area contributed by atoms with Crippen molar-refractivity contribution in [2.45, 2.75) is 347 Å². The van der Waals surface area contributed by atoms with E-state index in [1.165, 1.54) is 83.5 Å². The van der Waals surface area contributed by atoms with E-state index in [2.05, 4.69) is 191 Å². The summed E-state index contributed by atoms with van der Waals surface area (Å²) in [6, 6.07) is 0. The number of hydrogen-bond acceptors (Lipinski definition) is 14. The van der Waals surface area contributed by atoms with Crippen LogP contribution in [0.5, 0.6) is 0 Å². The summed E-state index contributed by atoms with van der Waals surface area (Å²) in [6.07, 6.45) is 105. The van der Waals surface area contributed by atoms with Gasteiger partial charge in [-0.3, -0.25) is 32.5 Å². The van der Waals surface area contributed by atoms with Gasteiger partial charge >= 0.3 is 33.6 Å². The number of carbonyl (C=O) groups is 3. The van der Waals surface area contributed by atoms with Crippen LogP contribution in [0, 0.1) is 0 Å². The van der Waals surface area contributed by atoms with E-state index in [0.29, 0.717) is 19.3 Å². The van der Waals surface area contributed by atoms with Gasteiger partial charge in [0.05, 0.1) is 26.4 Å². The molecule has 0 spiro atoms. The molecule has 5 atom stereocenters. The Morgan fingerprint density at radius 2 is 0.486 bits per heavy atom. The number of aliphatic hydroxyl groups excluding tert-OH is 2. The normalized spacial score (nSPS) is 14.7. The molecule has 0 aromatic heterocycles. The number of carbonyl (C=O) groups excluding carboxylic acids is 3. The Labute approximate surface area is 662 Å². The number of hydrogen-bond donors (Lipinski definition) is 4. The largest absolute Gasteiger partial charge is 0.472 e. The molecule has 0 saturated carbocycles. The van der Waals surface area contributed by atoms with E-state index >= 15 is 0 Å². The maximum absolute atomic E-state index is 13.0. The predicted octanol–water partition coefficient (Wildman–Crippen LogP) is 25.5. The highest BCUT2D eigenvalue weighted by atomic mass is 31.2. The lowest BCUT2D eigenvalue weighted by atomic mass is 10.0. The highest BCUT2D eigenvalue weighted by Crippen LogP contribution is 2.45. The fraction of sp³-hybridized carbons (Fsp3) is 0.659. The summed E-state index contributed by atoms with van der Waals surface area (Å²) in [5.74, 6) is -1.61. The van der Waals surface area contributed by atoms with Crippen LogP contribution in [-0.4, -0.2) is 95.9 Å². The van der Waals surface area contributed by atoms with Crippen LogP contribution in [0.1, 0.15) is 329 Å². The highest BCUT2D eigenvalue weighted by molar-refractivity contribution is 7.47. The molecule has 0 fully saturated rings. The molecule has 622 valence electrons. The second-order valence-corrected chi connectivity index (χ2v) is 30.8. The number of esters is 3. The summed E-state index contributed by atoms with van der Waals surface area (Å²) in [5, 5.41) is 20.7. The Balaban J connectivity index is 4.65. The van der Waals surface area contributed by atoms with Gasteiger partial charge in [0, 0.05) is 19.3 Å². The van der Waals surface area contributed by atoms with Gasteiger partial charge in [-0.1, -0.05) is 326 Å². The zero-order valence-electron chi connectivity index (χ0n) is 68.2. The molecule has 109 heavy (non-hydrogen) atoms. The van der Waals surface area contributed by atoms with Crippen LogP contribution in [0.15, 0.2) is 170 Å². The van der Waals surface area contributed by atoms with Crippen molar-refractivity contribution in [2.75, 3.05) is 39.6 Å². The maximum atomic E-state index is 13.0. The standard InChI is InChI=1S/C91H152O16P2/c1-4-7-10-13-16-19-22-25-28-31-34-37-39-40-41-42-43-44-46-49-50-53-56-59-62-65-68-71-74-77-89(94)101-80-86(92)81-103-108(97,98)104-82-87(93)83-105-109(99,100)106-85-88(107-91(96)79-76-73-70-67-64-61-58-55-52-47-36-33-30-27-24-21-18-15-12-9-6-3)84-102-90(95)78-75-72-69-66-63-60-57-54-51-48-45-38-35-32-29-26-23-20-17-14-11-8-5-2/h8-9,11-12,16-21,25-30,34-38,40-41,47-48,51,55,58,86-88,92-93H,4-7,10,13-15,22-24,31-33,39,42-46,49-50,52-54,56-57,59-85H2,1-3H3,(H,97,98)(H,99,100)/b11-8-,12-9-,19-16-,20-17-,21-18-,28-25-,29-26-,30-27-,37-34-,38-35-,41-40-,47-36-,51-48-,58-55-. The lowest BCUT2D eigenvalue weighted by Gasteiger charge is -2.21. The number of aliphatic hydroxyl groups is 2. The van der Waals surface area contributed by atoms with Crippen LogP contribution < -0.4 is 0 Å². The van der Waals surface area contributed by atoms with E-state index in [9.17, 15) is 43.5 Å². The Hall–Kier alpha value is -5.09. The van der Waals surface area contributed by atoms with Gasteiger partial charge in [-0.2, -0.15) is 0 Å². The first-order chi connectivity index (χ1) is 53.2. The van der Waals surface area contributed by atoms with Crippen LogP contribution >= 0.6 is 15.6 Å². The van der Waals surface area contributed by atoms with Gasteiger partial charge in [0.2, 0.25) is 0 Å². The second-order valence-electron chi connectivity index (χ2n) is 27.9. The van der Waals surface area contributed by atoms with Gasteiger partial charge in [0.15, 0.2) is 6.10 Å². The molecule has 0 aromatic rings. The van der Waals surface area contributed by atoms with Gasteiger partial charge in [-0.05, 0) is 154 Å². The van der Waals surface area contributed by atoms with E-state index in [0.717, 1.165) is 186 Å². The third-order valence-electron chi connectivity index (χ3n) is 17.4. The molecule has 16 nitrogen and oxygen atoms in total. The van der Waals surface area contributed by atoms with Crippen molar-refractivity contribution in [3.63, 3.8) is 0 Å². The smallest absolute Gasteiger partial charge is 0.463 e. The molecule has 4 N–H and O–H groups in total. The molecule has 0 aliphatic heterocycles. The zero-order valence-corrected chi connectivity index (χ0v) is 70.0. The fourth-order valence-electron chi connectivity index (χ4n) is 11.0. The van der Waals surface area contributed by atoms with Gasteiger partial charge in [-0.15, -0.1) is 0 Å². The lowest BCUT2D eigenvalue weighted by Crippen LogP contribution is -2.30. The molecule has 18 heteroatoms. The monoisotopic (exact) mass is 1560 g/mol. The van der Waals surface area contributed by atoms with E-state index < -0.39 is 91.5 Å². The third-order valence-corrected chi connectivity index (χ3v) is 19.3. The molecular formula is C91H152O16P2. The van der Waals surface area contributed by atoms with Gasteiger partial charge < -0.3 is 34.2 Å². The van der Waals surface area contributed by atoms with Crippen molar-refractivity contribution in [3.05, 3.63) is 170 Å². The number of phosphoric acid groups is 2. The summed E-state index contributed by atoms with van der Waals surface area (Å²) in [6.45, 7) is 2.40. The summed E-state index contributed by atoms with van der Waals surface area (Å²) in [7, 11) is -9.82. The topological polar surface area (TPSA) is 231 Å². The minimum Gasteiger partial charge on any atom is -0.463 e. The minimum absolute atomic E-state index is 0.0736. The van der Waals surface area contributed by atoms with Gasteiger partial charge in [0.1, 0.15) is 25.4 Å². The third kappa shape index (κ3) is 83.7. The molecule has 0 aliphatic carbocycles. The van der Waals surface area contributed by atoms with Crippen LogP contribution in [0.3, 0.4) is 0 Å². The average molecular weight is 1560 g/mol. The van der Waals surface area contributed by atoms with Crippen molar-refractivity contribution in [1.29, 1.82) is 0 Å². The number of ether oxygens (including phenoxy) is 3. The van der Waals surface area contributed by atoms with Crippen LogP contribution in [0.2, 0.25) is 0 Å². The molecule has 5 unspecified atom stereocenters. The Morgan fingerprint density at radius 1 is 0.266 bits per heavy atom. The molecule has 0 rings (SSSR count). The fourth-order valence-corrected chi connectivity index (χ4v) is 12.6. The predicted molar refractivity (Wildman–Crippen MR) is 454 cm³/mol. The number of allylic oxidation sites excluding steroid dienone is 28. The maximum Gasteiger partial charge on any atom is 0.472 e. The van der Waals surface area contributed by atoms with Gasteiger partial charge in [-0.25, -0.2) is 9.13 Å². The lowest BCUT2D eigenvalue weighted by molar-refractivity contribution is -0.161. The highest BCUT2D eigenvalue weighted by Gasteiger charge is 2.29. The first kappa shape index (κ1) is 104. The van der Waals surface area contributed by atoms with Crippen molar-refractivity contribution in [1.82, 2.24) is 0 Å². The molecule has 0 heterocycles. The Morgan fingerprint density at radius 3 is 0.771 bits per heavy atom. The first-order valence-corrected chi connectivity index (χ1v) is 45.4. The molecule has 0 saturated heterocycles. The molecule has 0 aliphatic rings. The van der Waals surface area contributed by atoms with E-state index in [1.54, 1.807) is 0 Å². The summed E-state index contributed by atoms with van der Waals surface area (Å²) >= 11 is 0. The minimum atomic E-state index is -4.95. The average Bonchev–Trinajstić information content (AvgIpc) is 0.904. The van der Waals surface area contributed by atoms with Crippen molar-refractivity contribution < 1.29 is 75.8 Å². The second kappa shape index (κ2) is 82.4. The van der Waals surface area contributed by atoms with Gasteiger partial charge in [0.25, 0.3) is 0 Å². The molecular weight excluding hydrogens is 1410 g/mol. The van der Waals surface area contributed by atoms with Crippen molar-refractivity contribution in [3.8, 4) is 0 Å². The van der Waals surface area contributed by atoms with Crippen LogP contribution in [0.4, 0.5) is 0 Å². The molecule has 0 radical (unpaired) electrons. The SMILES string of the molecule is CC/C=C\C/C=C\C/C=C\C/C=C\C/C=C\CCCCCCCCCC(=O)OCC(COP(=O)(O)OCC(O)COP(=O)(O)OCC(O)COC(=O)CCCCCCCCCCCCCCC/C=C\C/C=C\C/C=C\C/C=C\CCCCC)OC(=O)CCCCCCC/C=C\C/C=C\C/C=C\C/C=C\C/C=C\CC. The van der Waals surface area contributed by atoms with Crippen LogP contribution in [-0.2, 0) is 55.8 Å². The summed E-state index contributed by atoms with van der Waals surface area (Å²) in [4.78, 5) is 58.9. The van der Waals surface area contributed by atoms with Crippen molar-refractivity contribution in [2.24, 2.45) is 0 Å². The zero-order chi connectivity index (χ0) is 79.4. The van der Waals surface area contributed by atoms with Crippen molar-refractivity contribution >= 4 is 33.6 Å². The number of unbranched alkanes of at least 4 members (excludes halogenated alkanes) is 28. The quantitative estimate of drug-likeness (QED) is 0.0146. The number of rotatable bonds is 79. The van der Waals surface area contributed by atoms with Crippen LogP contribution in [0.25, 0.3) is 0 Å². The van der Waals surface area contributed by atoms with E-state index in [-0.39, 0.29) is 19.3 Å². The first-order valence-electron chi connectivity index (χ1n) is 42.4. The van der Waals surface area contributed by atoms with E-state index in [4.69, 9.17) is 32.3 Å². The molecule has 0 amide bonds. The summed E-state index contributed by atoms with van der Waals surface area (Å²) < 4.78 is 61.3. The number of phosphoric ester groups is 2. The van der Waals surface area contributed by atoms with E-state index in [1.807, 2.05) is 0 Å². The Kier molecular flexibility index (Phi) is 78.5. The Bertz CT molecular complexity index is 2660.